The Balaban J connectivity index is 1.49. The van der Waals surface area contributed by atoms with Gasteiger partial charge in [-0.2, -0.15) is 0 Å². The molecule has 0 amide bonds. The molecule has 4 aliphatic rings. The molecule has 0 unspecified atom stereocenters. The number of piperidine rings is 3. The van der Waals surface area contributed by atoms with Crippen LogP contribution in [0.4, 0.5) is 0 Å². The van der Waals surface area contributed by atoms with Crippen LogP contribution in [-0.4, -0.2) is 35.1 Å². The number of pyridine rings is 1. The zero-order chi connectivity index (χ0) is 14.7. The Morgan fingerprint density at radius 1 is 1.32 bits per heavy atom. The number of rotatable bonds is 1. The van der Waals surface area contributed by atoms with Crippen LogP contribution in [0.1, 0.15) is 18.4 Å². The first-order valence-corrected chi connectivity index (χ1v) is 9.49. The number of thiophene rings is 1. The lowest BCUT2D eigenvalue weighted by molar-refractivity contribution is -0.0814. The molecule has 3 nitrogen and oxygen atoms in total. The molecular weight excluding hydrogens is 360 g/mol. The molecular formula is C17H17BrN2OS. The van der Waals surface area contributed by atoms with Crippen LogP contribution in [0.2, 0.25) is 0 Å². The van der Waals surface area contributed by atoms with E-state index in [4.69, 9.17) is 4.74 Å². The maximum atomic E-state index is 6.41. The molecule has 0 aromatic carbocycles. The maximum absolute atomic E-state index is 6.41. The molecule has 0 N–H and O–H groups in total. The number of nitrogens with zero attached hydrogens (tertiary/aromatic N) is 2. The van der Waals surface area contributed by atoms with Crippen molar-refractivity contribution in [2.24, 2.45) is 5.92 Å². The Kier molecular flexibility index (Phi) is 2.94. The monoisotopic (exact) mass is 376 g/mol. The summed E-state index contributed by atoms with van der Waals surface area (Å²) in [4.78, 5) is 8.45. The first-order chi connectivity index (χ1) is 10.7. The van der Waals surface area contributed by atoms with E-state index in [9.17, 15) is 0 Å². The topological polar surface area (TPSA) is 25.4 Å². The van der Waals surface area contributed by atoms with E-state index in [1.165, 1.54) is 41.9 Å². The molecule has 0 saturated carbocycles. The molecule has 2 aromatic rings. The van der Waals surface area contributed by atoms with Crippen LogP contribution in [0.5, 0.6) is 5.88 Å². The lowest BCUT2D eigenvalue weighted by atomic mass is 9.73. The van der Waals surface area contributed by atoms with E-state index in [-0.39, 0.29) is 5.60 Å². The van der Waals surface area contributed by atoms with Gasteiger partial charge >= 0.3 is 0 Å². The van der Waals surface area contributed by atoms with Crippen LogP contribution in [0.3, 0.4) is 0 Å². The van der Waals surface area contributed by atoms with E-state index in [0.29, 0.717) is 5.92 Å². The lowest BCUT2D eigenvalue weighted by Gasteiger charge is -2.50. The number of hydrogen-bond acceptors (Lipinski definition) is 4. The number of halogens is 1. The summed E-state index contributed by atoms with van der Waals surface area (Å²) in [7, 11) is 0. The highest BCUT2D eigenvalue weighted by Gasteiger charge is 2.52. The summed E-state index contributed by atoms with van der Waals surface area (Å²) >= 11 is 5.29. The van der Waals surface area contributed by atoms with Crippen LogP contribution >= 0.6 is 27.3 Å². The highest BCUT2D eigenvalue weighted by molar-refractivity contribution is 9.11. The summed E-state index contributed by atoms with van der Waals surface area (Å²) in [6, 6.07) is 6.53. The predicted octanol–water partition coefficient (Wildman–Crippen LogP) is 3.97. The summed E-state index contributed by atoms with van der Waals surface area (Å²) in [5.74, 6) is 1.57. The Morgan fingerprint density at radius 3 is 2.86 bits per heavy atom. The molecule has 6 rings (SSSR count). The molecule has 0 aliphatic carbocycles. The predicted molar refractivity (Wildman–Crippen MR) is 91.5 cm³/mol. The largest absolute Gasteiger partial charge is 0.469 e. The van der Waals surface area contributed by atoms with Gasteiger partial charge in [-0.05, 0) is 60.1 Å². The third kappa shape index (κ3) is 1.99. The van der Waals surface area contributed by atoms with E-state index < -0.39 is 0 Å². The summed E-state index contributed by atoms with van der Waals surface area (Å²) < 4.78 is 7.57. The van der Waals surface area contributed by atoms with E-state index in [0.717, 1.165) is 22.6 Å². The van der Waals surface area contributed by atoms with Crippen LogP contribution in [-0.2, 0) is 6.42 Å². The minimum Gasteiger partial charge on any atom is -0.469 e. The molecule has 3 saturated heterocycles. The standard InChI is InChI=1S/C17H17BrN2OS/c18-15-2-1-14(22-15)12-7-11-8-17(21-16(11)19-9-12)10-20-5-3-13(17)4-6-20/h1-2,7,9,13H,3-6,8,10H2/t17-/m0/s1. The fourth-order valence-corrected chi connectivity index (χ4v) is 5.68. The summed E-state index contributed by atoms with van der Waals surface area (Å²) in [6.45, 7) is 3.57. The van der Waals surface area contributed by atoms with E-state index in [1.54, 1.807) is 11.3 Å². The molecule has 2 bridgehead atoms. The van der Waals surface area contributed by atoms with Crippen molar-refractivity contribution in [3.05, 3.63) is 33.7 Å². The second kappa shape index (κ2) is 4.79. The van der Waals surface area contributed by atoms with Crippen LogP contribution in [0.15, 0.2) is 28.2 Å². The zero-order valence-corrected chi connectivity index (χ0v) is 14.6. The van der Waals surface area contributed by atoms with E-state index >= 15 is 0 Å². The van der Waals surface area contributed by atoms with Crippen molar-refractivity contribution in [3.63, 3.8) is 0 Å². The van der Waals surface area contributed by atoms with Gasteiger partial charge in [0.25, 0.3) is 0 Å². The fraction of sp³-hybridized carbons (Fsp3) is 0.471. The van der Waals surface area contributed by atoms with E-state index in [1.807, 2.05) is 6.20 Å². The average molecular weight is 377 g/mol. The molecule has 5 heteroatoms. The van der Waals surface area contributed by atoms with Crippen molar-refractivity contribution in [2.75, 3.05) is 19.6 Å². The van der Waals surface area contributed by atoms with Gasteiger partial charge in [-0.3, -0.25) is 4.90 Å². The maximum Gasteiger partial charge on any atom is 0.217 e. The molecule has 1 atom stereocenters. The number of ether oxygens (including phenoxy) is 1. The van der Waals surface area contributed by atoms with Crippen LogP contribution in [0, 0.1) is 5.92 Å². The van der Waals surface area contributed by atoms with Crippen LogP contribution in [0.25, 0.3) is 10.4 Å². The molecule has 0 radical (unpaired) electrons. The molecule has 2 aromatic heterocycles. The first kappa shape index (κ1) is 13.5. The van der Waals surface area contributed by atoms with Crippen molar-refractivity contribution in [2.45, 2.75) is 24.9 Å². The van der Waals surface area contributed by atoms with Gasteiger partial charge in [0.1, 0.15) is 5.60 Å². The zero-order valence-electron chi connectivity index (χ0n) is 12.2. The van der Waals surface area contributed by atoms with Crippen LogP contribution < -0.4 is 4.74 Å². The summed E-state index contributed by atoms with van der Waals surface area (Å²) in [6.07, 6.45) is 5.53. The van der Waals surface area contributed by atoms with E-state index in [2.05, 4.69) is 44.0 Å². The van der Waals surface area contributed by atoms with Crippen molar-refractivity contribution in [1.29, 1.82) is 0 Å². The van der Waals surface area contributed by atoms with Gasteiger partial charge in [0.05, 0.1) is 3.79 Å². The lowest BCUT2D eigenvalue weighted by Crippen LogP contribution is -2.61. The van der Waals surface area contributed by atoms with Gasteiger partial charge < -0.3 is 4.74 Å². The third-order valence-electron chi connectivity index (χ3n) is 5.40. The van der Waals surface area contributed by atoms with Crippen molar-refractivity contribution < 1.29 is 4.74 Å². The van der Waals surface area contributed by atoms with Crippen molar-refractivity contribution >= 4 is 27.3 Å². The molecule has 22 heavy (non-hydrogen) atoms. The molecule has 4 aliphatic heterocycles. The highest BCUT2D eigenvalue weighted by atomic mass is 79.9. The minimum atomic E-state index is 0.000486. The quantitative estimate of drug-likeness (QED) is 0.752. The van der Waals surface area contributed by atoms with Gasteiger partial charge in [-0.15, -0.1) is 11.3 Å². The second-order valence-electron chi connectivity index (χ2n) is 6.69. The molecule has 3 fully saturated rings. The second-order valence-corrected chi connectivity index (χ2v) is 9.15. The average Bonchev–Trinajstić information content (AvgIpc) is 3.11. The number of aromatic nitrogens is 1. The normalized spacial score (nSPS) is 32.2. The summed E-state index contributed by atoms with van der Waals surface area (Å²) in [5.41, 5.74) is 2.49. The Hall–Kier alpha value is -0.910. The van der Waals surface area contributed by atoms with Gasteiger partial charge in [-0.25, -0.2) is 4.98 Å². The van der Waals surface area contributed by atoms with Gasteiger partial charge in [0.15, 0.2) is 0 Å². The fourth-order valence-electron chi connectivity index (χ4n) is 4.31. The molecule has 6 heterocycles. The van der Waals surface area contributed by atoms with Crippen molar-refractivity contribution in [3.8, 4) is 16.3 Å². The Bertz CT molecular complexity index is 738. The Labute approximate surface area is 142 Å². The SMILES string of the molecule is Brc1ccc(-c2cnc3c(c2)C[C@@]2(CN4CCC2CC4)O3)s1. The molecule has 1 spiro atoms. The third-order valence-corrected chi connectivity index (χ3v) is 7.07. The Morgan fingerprint density at radius 2 is 2.18 bits per heavy atom. The number of fused-ring (bicyclic) bond motifs is 3. The minimum absolute atomic E-state index is 0.000486. The first-order valence-electron chi connectivity index (χ1n) is 7.88. The summed E-state index contributed by atoms with van der Waals surface area (Å²) in [5, 5.41) is 0. The van der Waals surface area contributed by atoms with Gasteiger partial charge in [0.2, 0.25) is 5.88 Å². The number of hydrogen-bond donors (Lipinski definition) is 0. The smallest absolute Gasteiger partial charge is 0.217 e. The molecule has 114 valence electrons. The van der Waals surface area contributed by atoms with Crippen molar-refractivity contribution in [1.82, 2.24) is 9.88 Å². The van der Waals surface area contributed by atoms with Gasteiger partial charge in [0, 0.05) is 41.1 Å². The highest BCUT2D eigenvalue weighted by Crippen LogP contribution is 2.46. The van der Waals surface area contributed by atoms with Gasteiger partial charge in [-0.1, -0.05) is 0 Å².